The Hall–Kier alpha value is -2.96. The first-order valence-electron chi connectivity index (χ1n) is 10.2. The number of carbonyl (C=O) groups is 1. The van der Waals surface area contributed by atoms with Crippen LogP contribution in [0.1, 0.15) is 6.92 Å². The first-order chi connectivity index (χ1) is 14.2. The molecule has 3 aromatic rings. The van der Waals surface area contributed by atoms with Gasteiger partial charge in [-0.15, -0.1) is 0 Å². The van der Waals surface area contributed by atoms with E-state index in [-0.39, 0.29) is 17.2 Å². The van der Waals surface area contributed by atoms with Gasteiger partial charge in [-0.2, -0.15) is 0 Å². The second kappa shape index (κ2) is 8.59. The average Bonchev–Trinajstić information content (AvgIpc) is 2.75. The highest BCUT2D eigenvalue weighted by Gasteiger charge is 2.25. The van der Waals surface area contributed by atoms with Crippen LogP contribution in [0.5, 0.6) is 0 Å². The van der Waals surface area contributed by atoms with Crippen LogP contribution in [0.25, 0.3) is 22.1 Å². The predicted molar refractivity (Wildman–Crippen MR) is 113 cm³/mol. The number of anilines is 1. The zero-order valence-corrected chi connectivity index (χ0v) is 16.7. The van der Waals surface area contributed by atoms with Gasteiger partial charge in [0.1, 0.15) is 31.8 Å². The van der Waals surface area contributed by atoms with Crippen LogP contribution >= 0.6 is 0 Å². The van der Waals surface area contributed by atoms with E-state index < -0.39 is 0 Å². The quantitative estimate of drug-likeness (QED) is 0.580. The highest BCUT2D eigenvalue weighted by atomic mass is 16.4. The molecule has 150 valence electrons. The van der Waals surface area contributed by atoms with Crippen LogP contribution < -0.4 is 20.5 Å². The van der Waals surface area contributed by atoms with Crippen molar-refractivity contribution in [2.24, 2.45) is 0 Å². The molecule has 1 amide bonds. The van der Waals surface area contributed by atoms with Crippen LogP contribution in [-0.2, 0) is 4.79 Å². The summed E-state index contributed by atoms with van der Waals surface area (Å²) in [5, 5.41) is 3.39. The molecule has 0 atom stereocenters. The molecule has 1 saturated heterocycles. The lowest BCUT2D eigenvalue weighted by atomic mass is 10.0. The highest BCUT2D eigenvalue weighted by molar-refractivity contribution is 5.96. The topological polar surface area (TPSA) is 68.2 Å². The van der Waals surface area contributed by atoms with E-state index in [0.29, 0.717) is 23.1 Å². The fourth-order valence-electron chi connectivity index (χ4n) is 3.98. The third kappa shape index (κ3) is 4.23. The Morgan fingerprint density at radius 2 is 1.62 bits per heavy atom. The summed E-state index contributed by atoms with van der Waals surface area (Å²) < 4.78 is 5.98. The van der Waals surface area contributed by atoms with Crippen molar-refractivity contribution in [1.29, 1.82) is 0 Å². The summed E-state index contributed by atoms with van der Waals surface area (Å²) in [7, 11) is 0. The molecule has 1 aliphatic rings. The molecule has 0 bridgehead atoms. The number of likely N-dealkylation sites (N-methyl/N-ethyl adjacent to an activating group) is 1. The third-order valence-corrected chi connectivity index (χ3v) is 5.69. The second-order valence-corrected chi connectivity index (χ2v) is 7.58. The molecule has 3 N–H and O–H groups in total. The van der Waals surface area contributed by atoms with Gasteiger partial charge in [0.2, 0.25) is 11.3 Å². The summed E-state index contributed by atoms with van der Waals surface area (Å²) in [5.41, 5.74) is 1.46. The first kappa shape index (κ1) is 19.4. The molecule has 0 saturated carbocycles. The minimum absolute atomic E-state index is 0.129. The normalized spacial score (nSPS) is 19.2. The van der Waals surface area contributed by atoms with Crippen molar-refractivity contribution in [3.05, 3.63) is 64.8 Å². The smallest absolute Gasteiger partial charge is 0.281 e. The van der Waals surface area contributed by atoms with Crippen molar-refractivity contribution in [3.63, 3.8) is 0 Å². The summed E-state index contributed by atoms with van der Waals surface area (Å²) in [5.74, 6) is 0.0951. The number of nitrogens with one attached hydrogen (secondary N) is 3. The van der Waals surface area contributed by atoms with Gasteiger partial charge in [0, 0.05) is 0 Å². The van der Waals surface area contributed by atoms with Gasteiger partial charge in [-0.3, -0.25) is 14.9 Å². The van der Waals surface area contributed by atoms with Gasteiger partial charge in [0.15, 0.2) is 6.54 Å². The van der Waals surface area contributed by atoms with E-state index in [4.69, 9.17) is 4.42 Å². The number of piperazine rings is 1. The van der Waals surface area contributed by atoms with Crippen molar-refractivity contribution in [1.82, 2.24) is 0 Å². The zero-order chi connectivity index (χ0) is 20.2. The highest BCUT2D eigenvalue weighted by Crippen LogP contribution is 2.28. The number of quaternary nitrogens is 2. The van der Waals surface area contributed by atoms with Crippen molar-refractivity contribution in [3.8, 4) is 11.1 Å². The predicted octanol–water partition coefficient (Wildman–Crippen LogP) is 0.202. The lowest BCUT2D eigenvalue weighted by Crippen LogP contribution is -3.28. The van der Waals surface area contributed by atoms with Gasteiger partial charge >= 0.3 is 0 Å². The maximum Gasteiger partial charge on any atom is 0.281 e. The number of hydrogen-bond donors (Lipinski definition) is 3. The van der Waals surface area contributed by atoms with E-state index in [0.717, 1.165) is 38.3 Å². The van der Waals surface area contributed by atoms with Gasteiger partial charge in [0.05, 0.1) is 17.5 Å². The minimum Gasteiger partial charge on any atom is -0.439 e. The molecule has 0 unspecified atom stereocenters. The maximum absolute atomic E-state index is 13.2. The lowest BCUT2D eigenvalue weighted by Gasteiger charge is -2.28. The fourth-order valence-corrected chi connectivity index (χ4v) is 3.98. The van der Waals surface area contributed by atoms with E-state index in [9.17, 15) is 9.59 Å². The number of rotatable bonds is 5. The number of benzene rings is 2. The average molecular weight is 393 g/mol. The molecule has 29 heavy (non-hydrogen) atoms. The van der Waals surface area contributed by atoms with Crippen LogP contribution in [0.15, 0.2) is 63.8 Å². The van der Waals surface area contributed by atoms with Crippen LogP contribution in [0.4, 0.5) is 5.88 Å². The number of amides is 1. The maximum atomic E-state index is 13.2. The SMILES string of the molecule is CC[NH+]1CC[NH+](CC(=O)Nc2oc3ccccc3c(=O)c2-c2ccccc2)CC1. The molecule has 1 aliphatic heterocycles. The molecule has 1 aromatic heterocycles. The Morgan fingerprint density at radius 3 is 2.34 bits per heavy atom. The number of hydrogen-bond acceptors (Lipinski definition) is 3. The summed E-state index contributed by atoms with van der Waals surface area (Å²) in [4.78, 5) is 28.8. The molecule has 6 nitrogen and oxygen atoms in total. The lowest BCUT2D eigenvalue weighted by molar-refractivity contribution is -1.01. The standard InChI is InChI=1S/C23H25N3O3/c1-2-25-12-14-26(15-13-25)16-20(27)24-23-21(17-8-4-3-5-9-17)22(28)18-10-6-7-11-19(18)29-23/h3-11H,2,12-16H2,1H3,(H,24,27)/p+2. The molecular formula is C23H27N3O3+2. The largest absolute Gasteiger partial charge is 0.439 e. The molecule has 6 heteroatoms. The zero-order valence-electron chi connectivity index (χ0n) is 16.7. The fraction of sp³-hybridized carbons (Fsp3) is 0.304. The van der Waals surface area contributed by atoms with Gasteiger partial charge in [-0.05, 0) is 24.6 Å². The Balaban J connectivity index is 1.62. The number of para-hydroxylation sites is 1. The van der Waals surface area contributed by atoms with Crippen LogP contribution in [0.3, 0.4) is 0 Å². The van der Waals surface area contributed by atoms with Crippen molar-refractivity contribution < 1.29 is 19.0 Å². The molecule has 0 aliphatic carbocycles. The van der Waals surface area contributed by atoms with Gasteiger partial charge < -0.3 is 14.2 Å². The minimum atomic E-state index is -0.138. The van der Waals surface area contributed by atoms with Crippen molar-refractivity contribution in [2.45, 2.75) is 6.92 Å². The van der Waals surface area contributed by atoms with Gasteiger partial charge in [0.25, 0.3) is 5.91 Å². The van der Waals surface area contributed by atoms with E-state index in [2.05, 4.69) is 12.2 Å². The Bertz CT molecular complexity index is 1050. The summed E-state index contributed by atoms with van der Waals surface area (Å²) in [6, 6.07) is 16.5. The molecule has 2 heterocycles. The molecular weight excluding hydrogens is 366 g/mol. The van der Waals surface area contributed by atoms with Crippen LogP contribution in [-0.4, -0.2) is 45.2 Å². The van der Waals surface area contributed by atoms with E-state index in [1.807, 2.05) is 42.5 Å². The molecule has 2 aromatic carbocycles. The first-order valence-corrected chi connectivity index (χ1v) is 10.2. The third-order valence-electron chi connectivity index (χ3n) is 5.69. The number of fused-ring (bicyclic) bond motifs is 1. The molecule has 0 radical (unpaired) electrons. The van der Waals surface area contributed by atoms with Gasteiger partial charge in [-0.1, -0.05) is 42.5 Å². The summed E-state index contributed by atoms with van der Waals surface area (Å²) >= 11 is 0. The molecule has 1 fully saturated rings. The van der Waals surface area contributed by atoms with Crippen LogP contribution in [0, 0.1) is 0 Å². The molecule has 0 spiro atoms. The van der Waals surface area contributed by atoms with E-state index in [1.165, 1.54) is 4.90 Å². The Morgan fingerprint density at radius 1 is 0.966 bits per heavy atom. The van der Waals surface area contributed by atoms with E-state index >= 15 is 0 Å². The second-order valence-electron chi connectivity index (χ2n) is 7.58. The Kier molecular flexibility index (Phi) is 5.74. The van der Waals surface area contributed by atoms with Gasteiger partial charge in [-0.25, -0.2) is 0 Å². The number of carbonyl (C=O) groups excluding carboxylic acids is 1. The summed E-state index contributed by atoms with van der Waals surface area (Å²) in [6.07, 6.45) is 0. The Labute approximate surface area is 169 Å². The van der Waals surface area contributed by atoms with Crippen molar-refractivity contribution in [2.75, 3.05) is 44.6 Å². The molecule has 4 rings (SSSR count). The van der Waals surface area contributed by atoms with Crippen molar-refractivity contribution >= 4 is 22.8 Å². The van der Waals surface area contributed by atoms with Crippen LogP contribution in [0.2, 0.25) is 0 Å². The monoisotopic (exact) mass is 393 g/mol. The van der Waals surface area contributed by atoms with E-state index in [1.54, 1.807) is 17.0 Å². The summed E-state index contributed by atoms with van der Waals surface area (Å²) in [6.45, 7) is 7.82.